The number of hydrogen-bond acceptors (Lipinski definition) is 5. The van der Waals surface area contributed by atoms with Gasteiger partial charge >= 0.3 is 0 Å². The van der Waals surface area contributed by atoms with E-state index in [1.807, 2.05) is 0 Å². The number of ether oxygens (including phenoxy) is 1. The third-order valence-electron chi connectivity index (χ3n) is 5.02. The van der Waals surface area contributed by atoms with Crippen LogP contribution in [0.5, 0.6) is 0 Å². The Morgan fingerprint density at radius 1 is 1.12 bits per heavy atom. The smallest absolute Gasteiger partial charge is 0.126 e. The van der Waals surface area contributed by atoms with E-state index in [2.05, 4.69) is 57.8 Å². The van der Waals surface area contributed by atoms with E-state index in [0.29, 0.717) is 18.7 Å². The average Bonchev–Trinajstić information content (AvgIpc) is 3.32. The van der Waals surface area contributed by atoms with E-state index in [1.165, 1.54) is 24.0 Å². The van der Waals surface area contributed by atoms with E-state index in [1.54, 1.807) is 18.4 Å². The second-order valence-corrected chi connectivity index (χ2v) is 7.80. The monoisotopic (exact) mass is 367 g/mol. The Hall–Kier alpha value is -1.95. The van der Waals surface area contributed by atoms with Gasteiger partial charge in [-0.15, -0.1) is 0 Å². The van der Waals surface area contributed by atoms with Crippen LogP contribution in [0.2, 0.25) is 0 Å². The van der Waals surface area contributed by atoms with Gasteiger partial charge in [-0.3, -0.25) is 0 Å². The van der Waals surface area contributed by atoms with Crippen molar-refractivity contribution in [3.05, 3.63) is 58.3 Å². The van der Waals surface area contributed by atoms with Gasteiger partial charge in [0.05, 0.1) is 12.1 Å². The van der Waals surface area contributed by atoms with Crippen molar-refractivity contribution < 1.29 is 4.74 Å². The number of benzene rings is 1. The summed E-state index contributed by atoms with van der Waals surface area (Å²) in [6.07, 6.45) is 3.56. The summed E-state index contributed by atoms with van der Waals surface area (Å²) in [5, 5.41) is 12.8. The first-order valence-electron chi connectivity index (χ1n) is 9.20. The number of pyridine rings is 1. The van der Waals surface area contributed by atoms with E-state index < -0.39 is 0 Å². The van der Waals surface area contributed by atoms with Crippen LogP contribution in [0, 0.1) is 0 Å². The molecule has 2 aromatic heterocycles. The third-order valence-corrected chi connectivity index (χ3v) is 5.76. The van der Waals surface area contributed by atoms with Crippen molar-refractivity contribution in [2.75, 3.05) is 12.4 Å². The van der Waals surface area contributed by atoms with Crippen molar-refractivity contribution in [3.63, 3.8) is 0 Å². The third kappa shape index (κ3) is 4.23. The number of nitrogens with one attached hydrogen (secondary N) is 2. The van der Waals surface area contributed by atoms with Gasteiger partial charge in [0.15, 0.2) is 0 Å². The number of nitrogens with zero attached hydrogens (tertiary/aromatic N) is 1. The van der Waals surface area contributed by atoms with Crippen LogP contribution in [-0.4, -0.2) is 24.2 Å². The van der Waals surface area contributed by atoms with Crippen LogP contribution in [0.3, 0.4) is 0 Å². The molecule has 1 saturated carbocycles. The van der Waals surface area contributed by atoms with Crippen molar-refractivity contribution in [1.29, 1.82) is 0 Å². The Labute approximate surface area is 158 Å². The molecule has 0 bridgehead atoms. The Kier molecular flexibility index (Phi) is 5.48. The predicted octanol–water partition coefficient (Wildman–Crippen LogP) is 4.57. The Bertz CT molecular complexity index is 850. The molecule has 0 unspecified atom stereocenters. The molecular weight excluding hydrogens is 342 g/mol. The van der Waals surface area contributed by atoms with Gasteiger partial charge in [0.2, 0.25) is 0 Å². The van der Waals surface area contributed by atoms with Crippen molar-refractivity contribution in [3.8, 4) is 0 Å². The molecule has 0 spiro atoms. The number of anilines is 1. The Balaban J connectivity index is 1.34. The number of thiophene rings is 1. The summed E-state index contributed by atoms with van der Waals surface area (Å²) in [7, 11) is 1.72. The van der Waals surface area contributed by atoms with E-state index >= 15 is 0 Å². The summed E-state index contributed by atoms with van der Waals surface area (Å²) in [4.78, 5) is 4.78. The van der Waals surface area contributed by atoms with Gasteiger partial charge in [0.25, 0.3) is 0 Å². The lowest BCUT2D eigenvalue weighted by Gasteiger charge is -2.15. The largest absolute Gasteiger partial charge is 0.380 e. The zero-order valence-corrected chi connectivity index (χ0v) is 15.9. The highest BCUT2D eigenvalue weighted by Gasteiger charge is 2.24. The minimum absolute atomic E-state index is 0.493. The standard InChI is InChI=1S/C21H25N3OS/c1-25-13-15-2-6-20-17(10-15)3-7-21(24-20)23-19-5-4-18(11-19)22-12-16-8-9-26-14-16/h2-3,6-10,14,18-19,22H,4-5,11-13H2,1H3,(H,23,24)/t18-,19-/m0/s1. The molecule has 2 heterocycles. The quantitative estimate of drug-likeness (QED) is 0.642. The summed E-state index contributed by atoms with van der Waals surface area (Å²) < 4.78 is 5.20. The zero-order chi connectivity index (χ0) is 17.8. The fourth-order valence-corrected chi connectivity index (χ4v) is 4.34. The van der Waals surface area contributed by atoms with Gasteiger partial charge in [-0.2, -0.15) is 11.3 Å². The number of fused-ring (bicyclic) bond motifs is 1. The molecule has 1 aliphatic carbocycles. The van der Waals surface area contributed by atoms with E-state index in [9.17, 15) is 0 Å². The molecule has 5 heteroatoms. The molecule has 4 rings (SSSR count). The van der Waals surface area contributed by atoms with Crippen molar-refractivity contribution in [1.82, 2.24) is 10.3 Å². The van der Waals surface area contributed by atoms with E-state index in [0.717, 1.165) is 29.7 Å². The second kappa shape index (κ2) is 8.16. The highest BCUT2D eigenvalue weighted by atomic mass is 32.1. The molecule has 136 valence electrons. The predicted molar refractivity (Wildman–Crippen MR) is 109 cm³/mol. The molecule has 0 aliphatic heterocycles. The maximum Gasteiger partial charge on any atom is 0.126 e. The van der Waals surface area contributed by atoms with Gasteiger partial charge in [0.1, 0.15) is 5.82 Å². The van der Waals surface area contributed by atoms with Gasteiger partial charge in [0, 0.05) is 31.1 Å². The van der Waals surface area contributed by atoms with Crippen molar-refractivity contribution >= 4 is 28.1 Å². The summed E-state index contributed by atoms with van der Waals surface area (Å²) in [5.41, 5.74) is 3.59. The number of aromatic nitrogens is 1. The lowest BCUT2D eigenvalue weighted by molar-refractivity contribution is 0.185. The fourth-order valence-electron chi connectivity index (χ4n) is 3.67. The van der Waals surface area contributed by atoms with Crippen molar-refractivity contribution in [2.45, 2.75) is 44.5 Å². The highest BCUT2D eigenvalue weighted by Crippen LogP contribution is 2.24. The van der Waals surface area contributed by atoms with Gasteiger partial charge in [-0.1, -0.05) is 6.07 Å². The number of rotatable bonds is 7. The van der Waals surface area contributed by atoms with Crippen LogP contribution in [0.1, 0.15) is 30.4 Å². The van der Waals surface area contributed by atoms with Crippen LogP contribution in [0.15, 0.2) is 47.2 Å². The molecule has 1 aliphatic rings. The fraction of sp³-hybridized carbons (Fsp3) is 0.381. The lowest BCUT2D eigenvalue weighted by Crippen LogP contribution is -2.27. The molecule has 1 aromatic carbocycles. The minimum Gasteiger partial charge on any atom is -0.380 e. The average molecular weight is 368 g/mol. The summed E-state index contributed by atoms with van der Waals surface area (Å²) >= 11 is 1.76. The first kappa shape index (κ1) is 17.5. The molecule has 0 radical (unpaired) electrons. The van der Waals surface area contributed by atoms with Gasteiger partial charge in [-0.05, 0) is 71.5 Å². The Morgan fingerprint density at radius 3 is 2.88 bits per heavy atom. The van der Waals surface area contributed by atoms with Crippen LogP contribution >= 0.6 is 11.3 Å². The molecular formula is C21H25N3OS. The first-order valence-corrected chi connectivity index (χ1v) is 10.1. The summed E-state index contributed by atoms with van der Waals surface area (Å²) in [6, 6.07) is 13.8. The van der Waals surface area contributed by atoms with Gasteiger partial charge in [-0.25, -0.2) is 4.98 Å². The molecule has 0 saturated heterocycles. The molecule has 26 heavy (non-hydrogen) atoms. The highest BCUT2D eigenvalue weighted by molar-refractivity contribution is 7.07. The SMILES string of the molecule is COCc1ccc2nc(N[C@H]3CC[C@H](NCc4ccsc4)C3)ccc2c1. The topological polar surface area (TPSA) is 46.2 Å². The lowest BCUT2D eigenvalue weighted by atomic mass is 10.1. The normalized spacial score (nSPS) is 19.9. The minimum atomic E-state index is 0.493. The molecule has 4 nitrogen and oxygen atoms in total. The molecule has 3 aromatic rings. The molecule has 0 amide bonds. The molecule has 1 fully saturated rings. The second-order valence-electron chi connectivity index (χ2n) is 7.02. The van der Waals surface area contributed by atoms with Crippen LogP contribution < -0.4 is 10.6 Å². The van der Waals surface area contributed by atoms with Crippen molar-refractivity contribution in [2.24, 2.45) is 0 Å². The maximum absolute atomic E-state index is 5.20. The summed E-state index contributed by atoms with van der Waals surface area (Å²) in [6.45, 7) is 1.61. The van der Waals surface area contributed by atoms with E-state index in [4.69, 9.17) is 9.72 Å². The van der Waals surface area contributed by atoms with E-state index in [-0.39, 0.29) is 0 Å². The summed E-state index contributed by atoms with van der Waals surface area (Å²) in [5.74, 6) is 0.973. The Morgan fingerprint density at radius 2 is 2.04 bits per heavy atom. The number of hydrogen-bond donors (Lipinski definition) is 2. The zero-order valence-electron chi connectivity index (χ0n) is 15.1. The first-order chi connectivity index (χ1) is 12.8. The van der Waals surface area contributed by atoms with Crippen LogP contribution in [0.4, 0.5) is 5.82 Å². The molecule has 2 N–H and O–H groups in total. The molecule has 2 atom stereocenters. The maximum atomic E-state index is 5.20. The van der Waals surface area contributed by atoms with Crippen LogP contribution in [0.25, 0.3) is 10.9 Å². The van der Waals surface area contributed by atoms with Crippen LogP contribution in [-0.2, 0) is 17.9 Å². The number of methoxy groups -OCH3 is 1. The van der Waals surface area contributed by atoms with Gasteiger partial charge < -0.3 is 15.4 Å².